The van der Waals surface area contributed by atoms with Crippen LogP contribution in [0.25, 0.3) is 0 Å². The zero-order valence-corrected chi connectivity index (χ0v) is 10.5. The first-order chi connectivity index (χ1) is 8.26. The normalized spacial score (nSPS) is 10.2. The van der Waals surface area contributed by atoms with Gasteiger partial charge in [0.1, 0.15) is 0 Å². The third-order valence-electron chi connectivity index (χ3n) is 2.63. The lowest BCUT2D eigenvalue weighted by Gasteiger charge is -2.06. The van der Waals surface area contributed by atoms with Gasteiger partial charge in [-0.1, -0.05) is 19.1 Å². The maximum atomic E-state index is 11.4. The summed E-state index contributed by atoms with van der Waals surface area (Å²) in [6.07, 6.45) is 4.70. The minimum atomic E-state index is 0.0865. The summed E-state index contributed by atoms with van der Waals surface area (Å²) in [5, 5.41) is 2.88. The zero-order chi connectivity index (χ0) is 12.5. The van der Waals surface area contributed by atoms with Crippen molar-refractivity contribution in [1.82, 2.24) is 0 Å². The number of benzene rings is 1. The summed E-state index contributed by atoms with van der Waals surface area (Å²) in [6, 6.07) is 8.06. The molecule has 0 unspecified atom stereocenters. The van der Waals surface area contributed by atoms with E-state index >= 15 is 0 Å². The summed E-state index contributed by atoms with van der Waals surface area (Å²) >= 11 is 0. The zero-order valence-electron chi connectivity index (χ0n) is 10.5. The third kappa shape index (κ3) is 5.50. The molecule has 3 nitrogen and oxygen atoms in total. The number of carbonyl (C=O) groups excluding carboxylic acids is 1. The molecule has 94 valence electrons. The predicted molar refractivity (Wildman–Crippen MR) is 72.0 cm³/mol. The van der Waals surface area contributed by atoms with Gasteiger partial charge in [-0.05, 0) is 49.9 Å². The Kier molecular flexibility index (Phi) is 6.33. The van der Waals surface area contributed by atoms with Crippen molar-refractivity contribution in [2.24, 2.45) is 5.73 Å². The second kappa shape index (κ2) is 7.85. The summed E-state index contributed by atoms with van der Waals surface area (Å²) in [5.41, 5.74) is 7.63. The first-order valence-corrected chi connectivity index (χ1v) is 6.35. The van der Waals surface area contributed by atoms with Gasteiger partial charge in [0.25, 0.3) is 0 Å². The van der Waals surface area contributed by atoms with E-state index < -0.39 is 0 Å². The second-order valence-electron chi connectivity index (χ2n) is 4.24. The van der Waals surface area contributed by atoms with Crippen LogP contribution in [0.4, 0.5) is 5.69 Å². The third-order valence-corrected chi connectivity index (χ3v) is 2.63. The van der Waals surface area contributed by atoms with Crippen LogP contribution < -0.4 is 11.1 Å². The van der Waals surface area contributed by atoms with Gasteiger partial charge in [-0.25, -0.2) is 0 Å². The number of nitrogens with two attached hydrogens (primary N) is 1. The Morgan fingerprint density at radius 1 is 1.24 bits per heavy atom. The van der Waals surface area contributed by atoms with Crippen LogP contribution in [0.3, 0.4) is 0 Å². The van der Waals surface area contributed by atoms with Crippen LogP contribution >= 0.6 is 0 Å². The average Bonchev–Trinajstić information content (AvgIpc) is 2.32. The van der Waals surface area contributed by atoms with Crippen LogP contribution in [-0.4, -0.2) is 12.5 Å². The van der Waals surface area contributed by atoms with E-state index in [0.29, 0.717) is 6.42 Å². The van der Waals surface area contributed by atoms with Gasteiger partial charge in [0, 0.05) is 12.1 Å². The van der Waals surface area contributed by atoms with Crippen molar-refractivity contribution < 1.29 is 4.79 Å². The van der Waals surface area contributed by atoms with E-state index in [4.69, 9.17) is 5.73 Å². The molecule has 1 rings (SSSR count). The molecule has 0 aromatic heterocycles. The summed E-state index contributed by atoms with van der Waals surface area (Å²) in [4.78, 5) is 11.4. The van der Waals surface area contributed by atoms with Crippen LogP contribution in [0.1, 0.15) is 38.2 Å². The van der Waals surface area contributed by atoms with Gasteiger partial charge in [-0.15, -0.1) is 0 Å². The fraction of sp³-hybridized carbons (Fsp3) is 0.500. The summed E-state index contributed by atoms with van der Waals surface area (Å²) in [6.45, 7) is 2.76. The quantitative estimate of drug-likeness (QED) is 0.713. The second-order valence-corrected chi connectivity index (χ2v) is 4.24. The minimum Gasteiger partial charge on any atom is -0.330 e. The SMILES string of the molecule is CCCC(=O)Nc1ccc(CCCCN)cc1. The molecule has 0 aliphatic rings. The monoisotopic (exact) mass is 234 g/mol. The standard InChI is InChI=1S/C14H22N2O/c1-2-5-14(17)16-13-9-7-12(8-10-13)6-3-4-11-15/h7-10H,2-6,11,15H2,1H3,(H,16,17). The maximum Gasteiger partial charge on any atom is 0.224 e. The van der Waals surface area contributed by atoms with E-state index in [2.05, 4.69) is 17.4 Å². The van der Waals surface area contributed by atoms with Crippen LogP contribution in [-0.2, 0) is 11.2 Å². The van der Waals surface area contributed by atoms with E-state index in [9.17, 15) is 4.79 Å². The lowest BCUT2D eigenvalue weighted by molar-refractivity contribution is -0.116. The van der Waals surface area contributed by atoms with Gasteiger partial charge in [0.05, 0.1) is 0 Å². The van der Waals surface area contributed by atoms with Crippen LogP contribution in [0, 0.1) is 0 Å². The van der Waals surface area contributed by atoms with E-state index in [1.165, 1.54) is 5.56 Å². The van der Waals surface area contributed by atoms with Gasteiger partial charge >= 0.3 is 0 Å². The lowest BCUT2D eigenvalue weighted by Crippen LogP contribution is -2.10. The number of hydrogen-bond acceptors (Lipinski definition) is 2. The minimum absolute atomic E-state index is 0.0865. The Morgan fingerprint density at radius 2 is 1.94 bits per heavy atom. The van der Waals surface area contributed by atoms with Crippen molar-refractivity contribution in [1.29, 1.82) is 0 Å². The fourth-order valence-corrected chi connectivity index (χ4v) is 1.68. The number of hydrogen-bond donors (Lipinski definition) is 2. The highest BCUT2D eigenvalue weighted by Gasteiger charge is 2.00. The topological polar surface area (TPSA) is 55.1 Å². The van der Waals surface area contributed by atoms with Crippen LogP contribution in [0.2, 0.25) is 0 Å². The van der Waals surface area contributed by atoms with Crippen molar-refractivity contribution in [3.05, 3.63) is 29.8 Å². The number of amides is 1. The van der Waals surface area contributed by atoms with Crippen LogP contribution in [0.15, 0.2) is 24.3 Å². The fourth-order valence-electron chi connectivity index (χ4n) is 1.68. The molecule has 0 aliphatic carbocycles. The molecule has 17 heavy (non-hydrogen) atoms. The van der Waals surface area contributed by atoms with Gasteiger partial charge in [-0.2, -0.15) is 0 Å². The molecular weight excluding hydrogens is 212 g/mol. The number of nitrogens with one attached hydrogen (secondary N) is 1. The number of unbranched alkanes of at least 4 members (excludes halogenated alkanes) is 1. The Morgan fingerprint density at radius 3 is 2.53 bits per heavy atom. The number of carbonyl (C=O) groups is 1. The van der Waals surface area contributed by atoms with E-state index in [0.717, 1.165) is 37.9 Å². The molecule has 3 N–H and O–H groups in total. The van der Waals surface area contributed by atoms with Gasteiger partial charge in [-0.3, -0.25) is 4.79 Å². The van der Waals surface area contributed by atoms with Gasteiger partial charge < -0.3 is 11.1 Å². The van der Waals surface area contributed by atoms with Crippen molar-refractivity contribution in [3.8, 4) is 0 Å². The van der Waals surface area contributed by atoms with Crippen molar-refractivity contribution in [3.63, 3.8) is 0 Å². The van der Waals surface area contributed by atoms with Crippen molar-refractivity contribution in [2.75, 3.05) is 11.9 Å². The molecule has 0 atom stereocenters. The molecule has 1 amide bonds. The van der Waals surface area contributed by atoms with E-state index in [-0.39, 0.29) is 5.91 Å². The van der Waals surface area contributed by atoms with E-state index in [1.54, 1.807) is 0 Å². The van der Waals surface area contributed by atoms with E-state index in [1.807, 2.05) is 19.1 Å². The van der Waals surface area contributed by atoms with Gasteiger partial charge in [0.2, 0.25) is 5.91 Å². The van der Waals surface area contributed by atoms with Crippen molar-refractivity contribution in [2.45, 2.75) is 39.0 Å². The molecule has 0 heterocycles. The summed E-state index contributed by atoms with van der Waals surface area (Å²) in [5.74, 6) is 0.0865. The van der Waals surface area contributed by atoms with Gasteiger partial charge in [0.15, 0.2) is 0 Å². The van der Waals surface area contributed by atoms with Crippen LogP contribution in [0.5, 0.6) is 0 Å². The average molecular weight is 234 g/mol. The molecule has 0 aliphatic heterocycles. The molecule has 3 heteroatoms. The Labute approximate surface area is 103 Å². The molecule has 0 fully saturated rings. The molecule has 1 aromatic rings. The highest BCUT2D eigenvalue weighted by molar-refractivity contribution is 5.90. The van der Waals surface area contributed by atoms with Crippen molar-refractivity contribution >= 4 is 11.6 Å². The number of rotatable bonds is 7. The molecule has 0 bridgehead atoms. The first-order valence-electron chi connectivity index (χ1n) is 6.35. The Hall–Kier alpha value is -1.35. The summed E-state index contributed by atoms with van der Waals surface area (Å²) in [7, 11) is 0. The molecule has 1 aromatic carbocycles. The number of aryl methyl sites for hydroxylation is 1. The molecule has 0 saturated carbocycles. The highest BCUT2D eigenvalue weighted by atomic mass is 16.1. The molecule has 0 radical (unpaired) electrons. The first kappa shape index (κ1) is 13.7. The maximum absolute atomic E-state index is 11.4. The smallest absolute Gasteiger partial charge is 0.224 e. The lowest BCUT2D eigenvalue weighted by atomic mass is 10.1. The highest BCUT2D eigenvalue weighted by Crippen LogP contribution is 2.12. The summed E-state index contributed by atoms with van der Waals surface area (Å²) < 4.78 is 0. The molecule has 0 saturated heterocycles. The number of anilines is 1. The molecular formula is C14H22N2O. The Balaban J connectivity index is 2.41. The predicted octanol–water partition coefficient (Wildman–Crippen LogP) is 2.71. The largest absolute Gasteiger partial charge is 0.330 e. The Bertz CT molecular complexity index is 333. The molecule has 0 spiro atoms.